The van der Waals surface area contributed by atoms with E-state index in [2.05, 4.69) is 0 Å². The molecule has 0 unspecified atom stereocenters. The number of aliphatic hydroxyl groups is 9. The number of rotatable bonds is 9. The smallest absolute Gasteiger partial charge is 0.335 e. The quantitative estimate of drug-likeness (QED) is 0.0916. The lowest BCUT2D eigenvalue weighted by Crippen LogP contribution is -2.61. The Morgan fingerprint density at radius 1 is 0.673 bits per heavy atom. The van der Waals surface area contributed by atoms with Gasteiger partial charge in [-0.1, -0.05) is 0 Å². The first-order valence-corrected chi connectivity index (χ1v) is 16.5. The fourth-order valence-electron chi connectivity index (χ4n) is 6.18. The molecule has 15 atom stereocenters. The van der Waals surface area contributed by atoms with Gasteiger partial charge in [0, 0.05) is 17.7 Å². The van der Waals surface area contributed by atoms with E-state index in [0.29, 0.717) is 0 Å². The molecule has 0 amide bonds. The fourth-order valence-corrected chi connectivity index (χ4v) is 6.18. The van der Waals surface area contributed by atoms with Crippen molar-refractivity contribution < 1.29 is 104 Å². The summed E-state index contributed by atoms with van der Waals surface area (Å²) in [7, 11) is 0. The molecule has 0 spiro atoms. The number of ether oxygens (including phenoxy) is 6. The molecule has 55 heavy (non-hydrogen) atoms. The van der Waals surface area contributed by atoms with Crippen molar-refractivity contribution in [1.82, 2.24) is 0 Å². The number of phenols is 3. The molecule has 0 radical (unpaired) electrons. The zero-order chi connectivity index (χ0) is 40.2. The Labute approximate surface area is 307 Å². The number of benzene rings is 2. The number of carbonyl (C=O) groups is 1. The van der Waals surface area contributed by atoms with Gasteiger partial charge in [-0.25, -0.2) is 4.79 Å². The Balaban J connectivity index is 1.34. The van der Waals surface area contributed by atoms with Crippen molar-refractivity contribution in [3.05, 3.63) is 40.6 Å². The second kappa shape index (κ2) is 15.6. The second-order valence-electron chi connectivity index (χ2n) is 13.1. The van der Waals surface area contributed by atoms with E-state index in [1.807, 2.05) is 0 Å². The first-order chi connectivity index (χ1) is 25.9. The molecule has 2 aromatic carbocycles. The number of phenolic OH excluding ortho intramolecular Hbond substituents is 3. The van der Waals surface area contributed by atoms with Crippen LogP contribution in [-0.4, -0.2) is 171 Å². The van der Waals surface area contributed by atoms with E-state index in [1.165, 1.54) is 6.92 Å². The number of hydrogen-bond donors (Lipinski definition) is 13. The zero-order valence-electron chi connectivity index (χ0n) is 28.2. The summed E-state index contributed by atoms with van der Waals surface area (Å²) in [5.41, 5.74) is -1.81. The summed E-state index contributed by atoms with van der Waals surface area (Å²) in [4.78, 5) is 25.6. The maximum Gasteiger partial charge on any atom is 0.335 e. The fraction of sp³-hybridized carbons (Fsp3) is 0.515. The molecule has 0 aliphatic carbocycles. The van der Waals surface area contributed by atoms with Gasteiger partial charge in [0.2, 0.25) is 23.8 Å². The molecule has 302 valence electrons. The van der Waals surface area contributed by atoms with Crippen LogP contribution in [0, 0.1) is 0 Å². The van der Waals surface area contributed by atoms with E-state index in [0.717, 1.165) is 30.3 Å². The topological polar surface area (TPSA) is 366 Å². The van der Waals surface area contributed by atoms with Gasteiger partial charge in [0.15, 0.2) is 29.7 Å². The van der Waals surface area contributed by atoms with Crippen LogP contribution >= 0.6 is 0 Å². The van der Waals surface area contributed by atoms with Crippen LogP contribution in [0.4, 0.5) is 0 Å². The standard InChI is InChI=1S/C33H38O22/c1-8-17(37)20(40)24(44)31(50-8)49-7-15-18(38)21(41)25(45)33(53-15)54-28-19(39)16-13(36)5-10(51-32-26(46)22(42)23(43)29(55-32)30(47)48)6-14(16)52-27(28)9-2-3-11(34)12(35)4-9/h2-6,8,15,17-18,20-26,29,31-38,40-46H,7H2,1H3,(H,47,48)/t8-,15+,17-,18+,20+,21-,22+,23+,24+,25+,26-,29+,31+,32-,33-/m1/s1. The van der Waals surface area contributed by atoms with Crippen LogP contribution in [0.2, 0.25) is 0 Å². The summed E-state index contributed by atoms with van der Waals surface area (Å²) >= 11 is 0. The minimum atomic E-state index is -2.08. The highest BCUT2D eigenvalue weighted by Crippen LogP contribution is 2.40. The molecular weight excluding hydrogens is 748 g/mol. The first-order valence-electron chi connectivity index (χ1n) is 16.5. The van der Waals surface area contributed by atoms with Crippen molar-refractivity contribution in [2.24, 2.45) is 0 Å². The largest absolute Gasteiger partial charge is 0.507 e. The first kappa shape index (κ1) is 40.3. The Morgan fingerprint density at radius 3 is 1.95 bits per heavy atom. The molecule has 13 N–H and O–H groups in total. The Bertz CT molecular complexity index is 1940. The van der Waals surface area contributed by atoms with E-state index < -0.39 is 156 Å². The lowest BCUT2D eigenvalue weighted by atomic mass is 9.98. The zero-order valence-corrected chi connectivity index (χ0v) is 28.2. The molecule has 22 heteroatoms. The summed E-state index contributed by atoms with van der Waals surface area (Å²) in [6, 6.07) is 4.90. The van der Waals surface area contributed by atoms with Crippen molar-refractivity contribution >= 4 is 16.9 Å². The lowest BCUT2D eigenvalue weighted by Gasteiger charge is -2.42. The summed E-state index contributed by atoms with van der Waals surface area (Å²) in [5.74, 6) is -5.65. The van der Waals surface area contributed by atoms with Gasteiger partial charge in [-0.05, 0) is 25.1 Å². The monoisotopic (exact) mass is 786 g/mol. The number of hydrogen-bond acceptors (Lipinski definition) is 21. The average molecular weight is 787 g/mol. The number of carboxylic acid groups (broad SMARTS) is 1. The molecule has 4 heterocycles. The molecule has 3 aliphatic heterocycles. The summed E-state index contributed by atoms with van der Waals surface area (Å²) in [6.07, 6.45) is -27.0. The van der Waals surface area contributed by atoms with Crippen molar-refractivity contribution in [3.63, 3.8) is 0 Å². The minimum absolute atomic E-state index is 0.161. The number of carboxylic acids is 1. The highest BCUT2D eigenvalue weighted by molar-refractivity contribution is 5.88. The Kier molecular flexibility index (Phi) is 11.4. The lowest BCUT2D eigenvalue weighted by molar-refractivity contribution is -0.318. The predicted octanol–water partition coefficient (Wildman–Crippen LogP) is -4.12. The van der Waals surface area contributed by atoms with Crippen LogP contribution in [0.5, 0.6) is 28.7 Å². The van der Waals surface area contributed by atoms with E-state index >= 15 is 0 Å². The molecule has 1 aromatic heterocycles. The van der Waals surface area contributed by atoms with Crippen LogP contribution in [0.25, 0.3) is 22.3 Å². The van der Waals surface area contributed by atoms with Gasteiger partial charge >= 0.3 is 5.97 Å². The highest BCUT2D eigenvalue weighted by atomic mass is 16.7. The Hall–Kier alpha value is -4.40. The van der Waals surface area contributed by atoms with E-state index in [4.69, 9.17) is 32.8 Å². The van der Waals surface area contributed by atoms with Gasteiger partial charge in [-0.2, -0.15) is 0 Å². The number of aliphatic carboxylic acids is 1. The van der Waals surface area contributed by atoms with Gasteiger partial charge in [0.05, 0.1) is 12.7 Å². The molecule has 3 saturated heterocycles. The third-order valence-electron chi connectivity index (χ3n) is 9.34. The van der Waals surface area contributed by atoms with Gasteiger partial charge < -0.3 is 99.2 Å². The molecule has 3 aromatic rings. The maximum atomic E-state index is 14.1. The average Bonchev–Trinajstić information content (AvgIpc) is 3.14. The summed E-state index contributed by atoms with van der Waals surface area (Å²) in [6.45, 7) is 0.709. The molecule has 0 bridgehead atoms. The van der Waals surface area contributed by atoms with Crippen LogP contribution in [-0.2, 0) is 23.7 Å². The second-order valence-corrected chi connectivity index (χ2v) is 13.1. The van der Waals surface area contributed by atoms with E-state index in [1.54, 1.807) is 0 Å². The van der Waals surface area contributed by atoms with Crippen molar-refractivity contribution in [1.29, 1.82) is 0 Å². The third-order valence-corrected chi connectivity index (χ3v) is 9.34. The molecule has 22 nitrogen and oxygen atoms in total. The third kappa shape index (κ3) is 7.60. The van der Waals surface area contributed by atoms with E-state index in [9.17, 15) is 76.0 Å². The normalized spacial score (nSPS) is 36.7. The van der Waals surface area contributed by atoms with Crippen LogP contribution < -0.4 is 14.9 Å². The maximum absolute atomic E-state index is 14.1. The SMILES string of the molecule is C[C@H]1O[C@H](OC[C@@H]2O[C@H](Oc3c(-c4ccc(O)c(O)c4)oc4cc(O[C@@H]5O[C@H](C(=O)O)[C@@H](O)[C@H](O)[C@H]5O)cc(O)c4c3=O)[C@@H](O)[C@H](O)[C@H]2O)[C@@H](O)[C@@H](O)[C@@H]1O. The molecule has 3 aliphatic rings. The molecule has 3 fully saturated rings. The van der Waals surface area contributed by atoms with Crippen LogP contribution in [0.15, 0.2) is 39.5 Å². The predicted molar refractivity (Wildman–Crippen MR) is 173 cm³/mol. The minimum Gasteiger partial charge on any atom is -0.507 e. The molecular formula is C33H38O22. The number of aliphatic hydroxyl groups excluding tert-OH is 9. The van der Waals surface area contributed by atoms with Gasteiger partial charge in [0.1, 0.15) is 83.5 Å². The van der Waals surface area contributed by atoms with Gasteiger partial charge in [-0.15, -0.1) is 0 Å². The van der Waals surface area contributed by atoms with Crippen molar-refractivity contribution in [2.45, 2.75) is 99.0 Å². The van der Waals surface area contributed by atoms with Crippen molar-refractivity contribution in [3.8, 4) is 40.1 Å². The summed E-state index contributed by atoms with van der Waals surface area (Å²) in [5, 5.41) is 133. The highest BCUT2D eigenvalue weighted by Gasteiger charge is 2.49. The molecule has 0 saturated carbocycles. The van der Waals surface area contributed by atoms with Gasteiger partial charge in [-0.3, -0.25) is 4.79 Å². The van der Waals surface area contributed by atoms with Gasteiger partial charge in [0.25, 0.3) is 0 Å². The number of aromatic hydroxyl groups is 3. The van der Waals surface area contributed by atoms with Crippen molar-refractivity contribution in [2.75, 3.05) is 6.61 Å². The van der Waals surface area contributed by atoms with Crippen LogP contribution in [0.1, 0.15) is 6.92 Å². The van der Waals surface area contributed by atoms with E-state index in [-0.39, 0.29) is 5.56 Å². The molecule has 6 rings (SSSR count). The number of fused-ring (bicyclic) bond motifs is 1. The Morgan fingerprint density at radius 2 is 1.29 bits per heavy atom. The summed E-state index contributed by atoms with van der Waals surface area (Å²) < 4.78 is 38.7. The van der Waals surface area contributed by atoms with Crippen LogP contribution in [0.3, 0.4) is 0 Å².